The predicted octanol–water partition coefficient (Wildman–Crippen LogP) is 4.58. The average molecular weight is 608 g/mol. The highest BCUT2D eigenvalue weighted by molar-refractivity contribution is 14.1. The smallest absolute Gasteiger partial charge is 0.132 e. The van der Waals surface area contributed by atoms with Crippen LogP contribution in [0.25, 0.3) is 0 Å². The molecule has 1 aliphatic heterocycles. The zero-order valence-electron chi connectivity index (χ0n) is 19.4. The summed E-state index contributed by atoms with van der Waals surface area (Å²) in [5.74, 6) is 4.15. The number of aliphatic hydroxyl groups is 2. The van der Waals surface area contributed by atoms with Crippen molar-refractivity contribution in [1.29, 1.82) is 0 Å². The SMILES string of the molecule is CC(C)(C1=CC=C(OC[C@@H](O)CN2CCSCC2)CC1)c1ccc(OC[C@@H](O)CCl)c(I)c1. The zero-order valence-corrected chi connectivity index (χ0v) is 23.2. The van der Waals surface area contributed by atoms with Crippen molar-refractivity contribution >= 4 is 46.0 Å². The Balaban J connectivity index is 1.56. The molecule has 0 amide bonds. The zero-order chi connectivity index (χ0) is 23.8. The summed E-state index contributed by atoms with van der Waals surface area (Å²) in [4.78, 5) is 2.32. The second-order valence-electron chi connectivity index (χ2n) is 9.09. The first-order valence-electron chi connectivity index (χ1n) is 11.5. The molecule has 5 nitrogen and oxygen atoms in total. The molecule has 1 aromatic rings. The minimum absolute atomic E-state index is 0.123. The van der Waals surface area contributed by atoms with E-state index in [2.05, 4.69) is 65.6 Å². The number of rotatable bonds is 11. The topological polar surface area (TPSA) is 62.2 Å². The van der Waals surface area contributed by atoms with Gasteiger partial charge >= 0.3 is 0 Å². The van der Waals surface area contributed by atoms with Gasteiger partial charge in [-0.1, -0.05) is 31.6 Å². The van der Waals surface area contributed by atoms with Crippen LogP contribution in [-0.2, 0) is 10.2 Å². The number of alkyl halides is 1. The molecule has 2 atom stereocenters. The largest absolute Gasteiger partial charge is 0.495 e. The molecule has 184 valence electrons. The van der Waals surface area contributed by atoms with Crippen LogP contribution in [0.2, 0.25) is 0 Å². The highest BCUT2D eigenvalue weighted by Crippen LogP contribution is 2.39. The fourth-order valence-corrected chi connectivity index (χ4v) is 5.76. The number of β-amino-alcohol motifs (C(OH)–C–C–N with tert-alkyl or cyclic N) is 1. The fraction of sp³-hybridized carbons (Fsp3) is 0.600. The van der Waals surface area contributed by atoms with Crippen molar-refractivity contribution in [2.45, 2.75) is 44.3 Å². The summed E-state index contributed by atoms with van der Waals surface area (Å²) in [6.45, 7) is 7.79. The first-order chi connectivity index (χ1) is 15.8. The number of hydrogen-bond donors (Lipinski definition) is 2. The lowest BCUT2D eigenvalue weighted by Gasteiger charge is -2.32. The van der Waals surface area contributed by atoms with Gasteiger partial charge in [0.2, 0.25) is 0 Å². The second-order valence-corrected chi connectivity index (χ2v) is 11.8. The maximum absolute atomic E-state index is 10.3. The van der Waals surface area contributed by atoms with Gasteiger partial charge in [-0.25, -0.2) is 0 Å². The molecular weight excluding hydrogens is 573 g/mol. The lowest BCUT2D eigenvalue weighted by Crippen LogP contribution is -2.39. The highest BCUT2D eigenvalue weighted by Gasteiger charge is 2.28. The molecular formula is C25H35ClINO4S. The molecule has 0 spiro atoms. The maximum Gasteiger partial charge on any atom is 0.132 e. The molecule has 2 aliphatic rings. The molecule has 8 heteroatoms. The molecule has 1 fully saturated rings. The van der Waals surface area contributed by atoms with E-state index in [4.69, 9.17) is 21.1 Å². The molecule has 0 bridgehead atoms. The fourth-order valence-electron chi connectivity index (χ4n) is 4.02. The normalized spacial score (nSPS) is 19.5. The molecule has 1 aliphatic carbocycles. The molecule has 1 aromatic carbocycles. The van der Waals surface area contributed by atoms with Crippen LogP contribution < -0.4 is 4.74 Å². The minimum atomic E-state index is -0.667. The number of allylic oxidation sites excluding steroid dienone is 4. The van der Waals surface area contributed by atoms with Crippen LogP contribution in [0.15, 0.2) is 41.7 Å². The minimum Gasteiger partial charge on any atom is -0.495 e. The maximum atomic E-state index is 10.3. The van der Waals surface area contributed by atoms with E-state index in [1.165, 1.54) is 11.1 Å². The molecule has 0 radical (unpaired) electrons. The Labute approximate surface area is 220 Å². The summed E-state index contributed by atoms with van der Waals surface area (Å²) in [6, 6.07) is 6.21. The molecule has 2 N–H and O–H groups in total. The molecule has 1 saturated heterocycles. The third-order valence-corrected chi connectivity index (χ3v) is 8.35. The van der Waals surface area contributed by atoms with E-state index >= 15 is 0 Å². The van der Waals surface area contributed by atoms with Gasteiger partial charge < -0.3 is 19.7 Å². The Morgan fingerprint density at radius 1 is 1.09 bits per heavy atom. The van der Waals surface area contributed by atoms with Crippen molar-refractivity contribution in [2.24, 2.45) is 0 Å². The number of thioether (sulfide) groups is 1. The van der Waals surface area contributed by atoms with Gasteiger partial charge in [-0.2, -0.15) is 11.8 Å². The summed E-state index contributed by atoms with van der Waals surface area (Å²) in [7, 11) is 0. The molecule has 0 saturated carbocycles. The Kier molecular flexibility index (Phi) is 10.7. The predicted molar refractivity (Wildman–Crippen MR) is 146 cm³/mol. The third-order valence-electron chi connectivity index (χ3n) is 6.21. The van der Waals surface area contributed by atoms with Crippen LogP contribution in [0.3, 0.4) is 0 Å². The van der Waals surface area contributed by atoms with Crippen molar-refractivity contribution in [3.8, 4) is 5.75 Å². The van der Waals surface area contributed by atoms with E-state index in [0.717, 1.165) is 52.5 Å². The van der Waals surface area contributed by atoms with E-state index in [1.807, 2.05) is 17.8 Å². The van der Waals surface area contributed by atoms with E-state index in [-0.39, 0.29) is 17.9 Å². The standard InChI is InChI=1S/C25H35ClINO4S/c1-25(2,19-5-8-24(23(27)13-19)32-16-20(29)14-26)18-3-6-22(7-4-18)31-17-21(30)15-28-9-11-33-12-10-28/h3,5-6,8,13,20-21,29-30H,4,7,9-12,14-17H2,1-2H3/t20-,21-/m0/s1. The highest BCUT2D eigenvalue weighted by atomic mass is 127. The van der Waals surface area contributed by atoms with Crippen LogP contribution >= 0.6 is 46.0 Å². The van der Waals surface area contributed by atoms with Gasteiger partial charge in [0, 0.05) is 43.0 Å². The van der Waals surface area contributed by atoms with Gasteiger partial charge in [-0.3, -0.25) is 4.90 Å². The Hall–Kier alpha value is -0.450. The van der Waals surface area contributed by atoms with Crippen molar-refractivity contribution in [3.63, 3.8) is 0 Å². The van der Waals surface area contributed by atoms with Crippen molar-refractivity contribution in [1.82, 2.24) is 4.90 Å². The lowest BCUT2D eigenvalue weighted by molar-refractivity contribution is 0.0427. The third kappa shape index (κ3) is 8.04. The summed E-state index contributed by atoms with van der Waals surface area (Å²) in [5, 5.41) is 20.0. The molecule has 33 heavy (non-hydrogen) atoms. The first kappa shape index (κ1) is 27.1. The average Bonchev–Trinajstić information content (AvgIpc) is 2.82. The van der Waals surface area contributed by atoms with Crippen LogP contribution in [0, 0.1) is 3.57 Å². The van der Waals surface area contributed by atoms with E-state index in [0.29, 0.717) is 13.2 Å². The van der Waals surface area contributed by atoms with Crippen molar-refractivity contribution in [3.05, 3.63) is 50.8 Å². The Morgan fingerprint density at radius 3 is 2.45 bits per heavy atom. The Morgan fingerprint density at radius 2 is 1.82 bits per heavy atom. The summed E-state index contributed by atoms with van der Waals surface area (Å²) in [5.41, 5.74) is 2.45. The molecule has 0 aromatic heterocycles. The van der Waals surface area contributed by atoms with Crippen molar-refractivity contribution in [2.75, 3.05) is 50.2 Å². The molecule has 1 heterocycles. The van der Waals surface area contributed by atoms with Gasteiger partial charge in [0.15, 0.2) is 0 Å². The lowest BCUT2D eigenvalue weighted by atomic mass is 9.74. The number of benzene rings is 1. The van der Waals surface area contributed by atoms with Crippen molar-refractivity contribution < 1.29 is 19.7 Å². The van der Waals surface area contributed by atoms with Gasteiger partial charge in [0.1, 0.15) is 31.2 Å². The van der Waals surface area contributed by atoms with Crippen LogP contribution in [0.1, 0.15) is 32.3 Å². The van der Waals surface area contributed by atoms with Crippen LogP contribution in [-0.4, -0.2) is 77.6 Å². The quantitative estimate of drug-likeness (QED) is 0.284. The first-order valence-corrected chi connectivity index (χ1v) is 14.2. The van der Waals surface area contributed by atoms with Gasteiger partial charge in [-0.15, -0.1) is 11.6 Å². The van der Waals surface area contributed by atoms with Gasteiger partial charge in [0.05, 0.1) is 15.2 Å². The van der Waals surface area contributed by atoms with E-state index in [9.17, 15) is 10.2 Å². The van der Waals surface area contributed by atoms with E-state index in [1.54, 1.807) is 0 Å². The summed E-state index contributed by atoms with van der Waals surface area (Å²) in [6.07, 6.45) is 4.87. The number of hydrogen-bond acceptors (Lipinski definition) is 6. The summed E-state index contributed by atoms with van der Waals surface area (Å²) < 4.78 is 12.6. The number of aliphatic hydroxyl groups excluding tert-OH is 2. The van der Waals surface area contributed by atoms with Gasteiger partial charge in [-0.05, 0) is 52.8 Å². The van der Waals surface area contributed by atoms with E-state index < -0.39 is 12.2 Å². The number of ether oxygens (including phenoxy) is 2. The number of halogens is 2. The Bertz CT molecular complexity index is 842. The van der Waals surface area contributed by atoms with Gasteiger partial charge in [0.25, 0.3) is 0 Å². The molecule has 0 unspecified atom stereocenters. The second kappa shape index (κ2) is 13.0. The monoisotopic (exact) mass is 607 g/mol. The number of nitrogens with zero attached hydrogens (tertiary/aromatic N) is 1. The molecule has 3 rings (SSSR count). The van der Waals surface area contributed by atoms with Crippen LogP contribution in [0.5, 0.6) is 5.75 Å². The van der Waals surface area contributed by atoms with Crippen LogP contribution in [0.4, 0.5) is 0 Å². The summed E-state index contributed by atoms with van der Waals surface area (Å²) >= 11 is 9.90.